The van der Waals surface area contributed by atoms with E-state index in [1.165, 1.54) is 12.1 Å². The van der Waals surface area contributed by atoms with Crippen LogP contribution in [0.2, 0.25) is 0 Å². The molecule has 1 aromatic heterocycles. The van der Waals surface area contributed by atoms with E-state index in [1.54, 1.807) is 17.0 Å². The molecule has 6 nitrogen and oxygen atoms in total. The highest BCUT2D eigenvalue weighted by Crippen LogP contribution is 2.39. The topological polar surface area (TPSA) is 71.3 Å². The summed E-state index contributed by atoms with van der Waals surface area (Å²) in [6.45, 7) is 3.94. The molecule has 2 heterocycles. The number of amides is 2. The minimum Gasteiger partial charge on any atom is -0.334 e. The van der Waals surface area contributed by atoms with E-state index in [9.17, 15) is 9.18 Å². The van der Waals surface area contributed by atoms with Gasteiger partial charge in [0.25, 0.3) is 5.89 Å². The number of rotatable bonds is 5. The van der Waals surface area contributed by atoms with Crippen molar-refractivity contribution in [2.45, 2.75) is 26.3 Å². The normalized spacial score (nSPS) is 16.0. The second-order valence-corrected chi connectivity index (χ2v) is 8.08. The molecule has 0 radical (unpaired) electrons. The molecule has 1 unspecified atom stereocenters. The Kier molecular flexibility index (Phi) is 5.67. The molecule has 0 saturated heterocycles. The second kappa shape index (κ2) is 8.94. The summed E-state index contributed by atoms with van der Waals surface area (Å²) in [5.41, 5.74) is 4.64. The van der Waals surface area contributed by atoms with Gasteiger partial charge in [-0.3, -0.25) is 4.90 Å². The summed E-state index contributed by atoms with van der Waals surface area (Å²) in [5.74, 6) is 0.161. The minimum absolute atomic E-state index is 0.242. The van der Waals surface area contributed by atoms with Crippen molar-refractivity contribution in [3.8, 4) is 11.4 Å². The maximum Gasteiger partial charge on any atom is 0.326 e. The summed E-state index contributed by atoms with van der Waals surface area (Å²) in [7, 11) is 0. The van der Waals surface area contributed by atoms with Crippen molar-refractivity contribution in [2.75, 3.05) is 4.90 Å². The van der Waals surface area contributed by atoms with Gasteiger partial charge in [-0.2, -0.15) is 4.98 Å². The molecule has 34 heavy (non-hydrogen) atoms. The van der Waals surface area contributed by atoms with Crippen LogP contribution in [0.25, 0.3) is 17.0 Å². The van der Waals surface area contributed by atoms with Crippen molar-refractivity contribution < 1.29 is 13.7 Å². The lowest BCUT2D eigenvalue weighted by Gasteiger charge is -2.35. The molecule has 7 heteroatoms. The number of carbonyl (C=O) groups is 1. The third-order valence-corrected chi connectivity index (χ3v) is 5.93. The number of urea groups is 1. The summed E-state index contributed by atoms with van der Waals surface area (Å²) < 4.78 is 19.4. The molecule has 1 aliphatic rings. The molecular weight excluding hydrogens is 431 g/mol. The van der Waals surface area contributed by atoms with E-state index in [-0.39, 0.29) is 23.6 Å². The van der Waals surface area contributed by atoms with Crippen LogP contribution in [0.1, 0.15) is 36.9 Å². The number of hydrogen-bond donors (Lipinski definition) is 1. The average Bonchev–Trinajstić information content (AvgIpc) is 3.34. The summed E-state index contributed by atoms with van der Waals surface area (Å²) >= 11 is 0. The fourth-order valence-corrected chi connectivity index (χ4v) is 4.22. The second-order valence-electron chi connectivity index (χ2n) is 8.08. The number of nitrogens with zero attached hydrogens (tertiary/aromatic N) is 3. The van der Waals surface area contributed by atoms with Crippen LogP contribution in [-0.4, -0.2) is 16.2 Å². The van der Waals surface area contributed by atoms with Crippen LogP contribution in [-0.2, 0) is 6.42 Å². The van der Waals surface area contributed by atoms with Gasteiger partial charge >= 0.3 is 6.03 Å². The number of benzene rings is 3. The van der Waals surface area contributed by atoms with Gasteiger partial charge in [-0.15, -0.1) is 0 Å². The third-order valence-electron chi connectivity index (χ3n) is 5.93. The Morgan fingerprint density at radius 2 is 1.82 bits per heavy atom. The average molecular weight is 455 g/mol. The van der Waals surface area contributed by atoms with Crippen LogP contribution in [0.15, 0.2) is 89.1 Å². The van der Waals surface area contributed by atoms with Crippen LogP contribution in [0, 0.1) is 5.82 Å². The van der Waals surface area contributed by atoms with Crippen molar-refractivity contribution in [2.24, 2.45) is 0 Å². The van der Waals surface area contributed by atoms with Gasteiger partial charge < -0.3 is 9.84 Å². The Bertz CT molecular complexity index is 1380. The molecule has 0 saturated carbocycles. The molecule has 0 spiro atoms. The lowest BCUT2D eigenvalue weighted by atomic mass is 9.94. The van der Waals surface area contributed by atoms with Gasteiger partial charge in [-0.25, -0.2) is 9.18 Å². The lowest BCUT2D eigenvalue weighted by Crippen LogP contribution is -2.46. The molecule has 1 atom stereocenters. The zero-order valence-electron chi connectivity index (χ0n) is 18.8. The first-order valence-electron chi connectivity index (χ1n) is 11.1. The number of aryl methyl sites for hydroxylation is 1. The summed E-state index contributed by atoms with van der Waals surface area (Å²) in [6, 6.07) is 22.8. The molecule has 0 bridgehead atoms. The number of carbonyl (C=O) groups excluding carboxylic acids is 1. The van der Waals surface area contributed by atoms with Gasteiger partial charge in [0.2, 0.25) is 5.82 Å². The van der Waals surface area contributed by atoms with Crippen molar-refractivity contribution in [1.29, 1.82) is 0 Å². The van der Waals surface area contributed by atoms with Crippen LogP contribution in [0.3, 0.4) is 0 Å². The van der Waals surface area contributed by atoms with Crippen LogP contribution in [0.5, 0.6) is 0 Å². The summed E-state index contributed by atoms with van der Waals surface area (Å²) in [6.07, 6.45) is 0.853. The van der Waals surface area contributed by atoms with Crippen molar-refractivity contribution in [3.05, 3.63) is 107 Å². The van der Waals surface area contributed by atoms with E-state index in [2.05, 4.69) is 22.4 Å². The van der Waals surface area contributed by atoms with Gasteiger partial charge in [0, 0.05) is 11.3 Å². The van der Waals surface area contributed by atoms with Crippen molar-refractivity contribution >= 4 is 17.3 Å². The third kappa shape index (κ3) is 3.96. The fraction of sp³-hybridized carbons (Fsp3) is 0.148. The zero-order chi connectivity index (χ0) is 23.7. The summed E-state index contributed by atoms with van der Waals surface area (Å²) in [5, 5.41) is 7.19. The predicted molar refractivity (Wildman–Crippen MR) is 128 cm³/mol. The van der Waals surface area contributed by atoms with Crippen molar-refractivity contribution in [3.63, 3.8) is 0 Å². The van der Waals surface area contributed by atoms with E-state index in [0.717, 1.165) is 23.2 Å². The van der Waals surface area contributed by atoms with Gasteiger partial charge in [-0.05, 0) is 48.7 Å². The Morgan fingerprint density at radius 1 is 1.03 bits per heavy atom. The molecule has 1 N–H and O–H groups in total. The number of anilines is 1. The van der Waals surface area contributed by atoms with Crippen LogP contribution >= 0.6 is 0 Å². The fourth-order valence-electron chi connectivity index (χ4n) is 4.22. The van der Waals surface area contributed by atoms with Gasteiger partial charge in [0.1, 0.15) is 5.82 Å². The number of allylic oxidation sites excluding steroid dienone is 1. The maximum atomic E-state index is 13.8. The maximum absolute atomic E-state index is 13.8. The van der Waals surface area contributed by atoms with E-state index in [1.807, 2.05) is 61.5 Å². The monoisotopic (exact) mass is 454 g/mol. The molecule has 0 aliphatic carbocycles. The first-order chi connectivity index (χ1) is 16.5. The van der Waals surface area contributed by atoms with Crippen molar-refractivity contribution in [1.82, 2.24) is 15.5 Å². The van der Waals surface area contributed by atoms with Gasteiger partial charge in [0.05, 0.1) is 17.3 Å². The number of nitrogens with one attached hydrogen (secondary N) is 1. The quantitative estimate of drug-likeness (QED) is 0.393. The number of aromatic nitrogens is 2. The molecule has 5 rings (SSSR count). The molecule has 3 aromatic carbocycles. The highest BCUT2D eigenvalue weighted by molar-refractivity contribution is 6.01. The highest BCUT2D eigenvalue weighted by atomic mass is 19.1. The summed E-state index contributed by atoms with van der Waals surface area (Å²) in [4.78, 5) is 19.5. The standard InChI is InChI=1S/C27H23FN4O2/c1-3-18-9-7-14-22(15-18)32-17(2)23(24(29-27(32)33)19-10-5-4-6-11-19)26-30-25(31-34-26)20-12-8-13-21(28)16-20/h4-16,24H,3H2,1-2H3,(H,29,33). The molecule has 4 aromatic rings. The van der Waals surface area contributed by atoms with Gasteiger partial charge in [-0.1, -0.05) is 66.7 Å². The van der Waals surface area contributed by atoms with Gasteiger partial charge in [0.15, 0.2) is 0 Å². The molecule has 2 amide bonds. The van der Waals surface area contributed by atoms with Crippen LogP contribution in [0.4, 0.5) is 14.9 Å². The van der Waals surface area contributed by atoms with E-state index in [4.69, 9.17) is 4.52 Å². The predicted octanol–water partition coefficient (Wildman–Crippen LogP) is 6.14. The molecule has 1 aliphatic heterocycles. The Labute approximate surface area is 196 Å². The molecular formula is C27H23FN4O2. The number of hydrogen-bond acceptors (Lipinski definition) is 4. The van der Waals surface area contributed by atoms with E-state index in [0.29, 0.717) is 16.8 Å². The Hall–Kier alpha value is -4.26. The Balaban J connectivity index is 1.66. The highest BCUT2D eigenvalue weighted by Gasteiger charge is 2.36. The van der Waals surface area contributed by atoms with Crippen LogP contribution < -0.4 is 10.2 Å². The minimum atomic E-state index is -0.486. The number of halogens is 1. The Morgan fingerprint density at radius 3 is 2.59 bits per heavy atom. The first kappa shape index (κ1) is 21.6. The smallest absolute Gasteiger partial charge is 0.326 e. The van der Waals surface area contributed by atoms with E-state index >= 15 is 0 Å². The SMILES string of the molecule is CCc1cccc(N2C(=O)NC(c3ccccc3)C(c3nc(-c4cccc(F)c4)no3)=C2C)c1. The zero-order valence-corrected chi connectivity index (χ0v) is 18.8. The molecule has 0 fully saturated rings. The largest absolute Gasteiger partial charge is 0.334 e. The first-order valence-corrected chi connectivity index (χ1v) is 11.1. The van der Waals surface area contributed by atoms with E-state index < -0.39 is 6.04 Å². The molecule has 170 valence electrons. The lowest BCUT2D eigenvalue weighted by molar-refractivity contribution is 0.244.